The number of aromatic nitrogens is 3. The summed E-state index contributed by atoms with van der Waals surface area (Å²) >= 11 is 6.17. The molecule has 3 heterocycles. The van der Waals surface area contributed by atoms with Crippen LogP contribution >= 0.6 is 11.6 Å². The average molecular weight is 441 g/mol. The van der Waals surface area contributed by atoms with Gasteiger partial charge < -0.3 is 10.0 Å². The molecule has 11 heteroatoms. The highest BCUT2D eigenvalue weighted by atomic mass is 35.5. The normalized spacial score (nSPS) is 15.7. The number of pyridine rings is 1. The van der Waals surface area contributed by atoms with Crippen molar-refractivity contribution >= 4 is 17.3 Å². The van der Waals surface area contributed by atoms with E-state index in [-0.39, 0.29) is 29.6 Å². The maximum absolute atomic E-state index is 13.1. The molecule has 0 spiro atoms. The molecule has 1 aromatic carbocycles. The van der Waals surface area contributed by atoms with E-state index in [1.807, 2.05) is 0 Å². The van der Waals surface area contributed by atoms with Crippen LogP contribution in [-0.4, -0.2) is 33.0 Å². The van der Waals surface area contributed by atoms with E-state index in [0.29, 0.717) is 11.8 Å². The van der Waals surface area contributed by atoms with Crippen molar-refractivity contribution in [3.63, 3.8) is 0 Å². The highest BCUT2D eigenvalue weighted by Crippen LogP contribution is 2.37. The maximum Gasteiger partial charge on any atom is 0.417 e. The van der Waals surface area contributed by atoms with Crippen LogP contribution in [0.5, 0.6) is 0 Å². The highest BCUT2D eigenvalue weighted by molar-refractivity contribution is 6.33. The first-order valence-electron chi connectivity index (χ1n) is 8.63. The predicted molar refractivity (Wildman–Crippen MR) is 100 cm³/mol. The zero-order valence-electron chi connectivity index (χ0n) is 15.1. The van der Waals surface area contributed by atoms with Gasteiger partial charge in [-0.25, -0.2) is 9.37 Å². The number of aliphatic hydroxyl groups is 1. The monoisotopic (exact) mass is 440 g/mol. The van der Waals surface area contributed by atoms with Crippen LogP contribution in [0.4, 0.5) is 23.2 Å². The van der Waals surface area contributed by atoms with Crippen LogP contribution in [0.2, 0.25) is 5.02 Å². The van der Waals surface area contributed by atoms with E-state index in [1.54, 1.807) is 4.90 Å². The molecule has 1 aliphatic rings. The predicted octanol–water partition coefficient (Wildman–Crippen LogP) is 3.15. The van der Waals surface area contributed by atoms with Crippen molar-refractivity contribution in [2.75, 3.05) is 18.0 Å². The van der Waals surface area contributed by atoms with E-state index in [4.69, 9.17) is 11.6 Å². The summed E-state index contributed by atoms with van der Waals surface area (Å²) in [5.41, 5.74) is -2.18. The SMILES string of the molecule is O=c1c(Cl)c(N2CC(O)(c3ccc(F)cc3)C2)cnn1-c1ccc(C(F)(F)F)cn1. The van der Waals surface area contributed by atoms with Crippen LogP contribution in [0.15, 0.2) is 53.6 Å². The van der Waals surface area contributed by atoms with Crippen molar-refractivity contribution in [3.05, 3.63) is 81.1 Å². The Balaban J connectivity index is 1.57. The first-order valence-corrected chi connectivity index (χ1v) is 9.01. The third-order valence-electron chi connectivity index (χ3n) is 4.82. The van der Waals surface area contributed by atoms with Crippen LogP contribution < -0.4 is 10.5 Å². The minimum Gasteiger partial charge on any atom is -0.381 e. The fourth-order valence-corrected chi connectivity index (χ4v) is 3.43. The molecular formula is C19H13ClF4N4O2. The molecule has 1 N–H and O–H groups in total. The maximum atomic E-state index is 13.1. The molecule has 0 amide bonds. The van der Waals surface area contributed by atoms with Crippen LogP contribution in [0, 0.1) is 5.82 Å². The van der Waals surface area contributed by atoms with Gasteiger partial charge in [0.1, 0.15) is 16.4 Å². The zero-order valence-corrected chi connectivity index (χ0v) is 15.8. The highest BCUT2D eigenvalue weighted by Gasteiger charge is 2.44. The van der Waals surface area contributed by atoms with Gasteiger partial charge in [-0.2, -0.15) is 23.0 Å². The molecule has 0 atom stereocenters. The van der Waals surface area contributed by atoms with Gasteiger partial charge in [0, 0.05) is 6.20 Å². The summed E-state index contributed by atoms with van der Waals surface area (Å²) in [4.78, 5) is 17.8. The number of halogens is 5. The number of rotatable bonds is 3. The first-order chi connectivity index (χ1) is 14.1. The Kier molecular flexibility index (Phi) is 4.78. The zero-order chi connectivity index (χ0) is 21.7. The summed E-state index contributed by atoms with van der Waals surface area (Å²) in [6.07, 6.45) is -2.68. The smallest absolute Gasteiger partial charge is 0.381 e. The molecule has 6 nitrogen and oxygen atoms in total. The van der Waals surface area contributed by atoms with Gasteiger partial charge in [0.2, 0.25) is 0 Å². The molecule has 0 radical (unpaired) electrons. The molecule has 0 unspecified atom stereocenters. The van der Waals surface area contributed by atoms with E-state index in [9.17, 15) is 27.5 Å². The molecule has 4 rings (SSSR count). The topological polar surface area (TPSA) is 71.2 Å². The summed E-state index contributed by atoms with van der Waals surface area (Å²) < 4.78 is 51.9. The lowest BCUT2D eigenvalue weighted by Gasteiger charge is -2.48. The second-order valence-electron chi connectivity index (χ2n) is 6.86. The standard InChI is InChI=1S/C19H13ClF4N4O2/c20-16-14(27-9-18(30,10-27)11-1-4-13(21)5-2-11)8-26-28(17(16)29)15-6-3-12(7-25-15)19(22,23)24/h1-8,30H,9-10H2. The number of hydrogen-bond acceptors (Lipinski definition) is 5. The Labute approximate surface area is 172 Å². The van der Waals surface area contributed by atoms with Crippen molar-refractivity contribution in [1.29, 1.82) is 0 Å². The summed E-state index contributed by atoms with van der Waals surface area (Å²) in [6, 6.07) is 7.23. The summed E-state index contributed by atoms with van der Waals surface area (Å²) in [7, 11) is 0. The molecule has 156 valence electrons. The van der Waals surface area contributed by atoms with Crippen LogP contribution in [-0.2, 0) is 11.8 Å². The van der Waals surface area contributed by atoms with Gasteiger partial charge in [-0.1, -0.05) is 23.7 Å². The van der Waals surface area contributed by atoms with Gasteiger partial charge >= 0.3 is 6.18 Å². The van der Waals surface area contributed by atoms with E-state index in [1.165, 1.54) is 30.5 Å². The molecule has 2 aromatic heterocycles. The Morgan fingerprint density at radius 1 is 1.07 bits per heavy atom. The third-order valence-corrected chi connectivity index (χ3v) is 5.18. The van der Waals surface area contributed by atoms with Crippen molar-refractivity contribution in [3.8, 4) is 5.82 Å². The minimum absolute atomic E-state index is 0.0992. The molecular weight excluding hydrogens is 428 g/mol. The van der Waals surface area contributed by atoms with E-state index >= 15 is 0 Å². The van der Waals surface area contributed by atoms with Gasteiger partial charge in [0.05, 0.1) is 30.5 Å². The van der Waals surface area contributed by atoms with E-state index in [2.05, 4.69) is 10.1 Å². The number of alkyl halides is 3. The number of hydrogen-bond donors (Lipinski definition) is 1. The van der Waals surface area contributed by atoms with Gasteiger partial charge in [0.25, 0.3) is 5.56 Å². The van der Waals surface area contributed by atoms with E-state index < -0.39 is 28.7 Å². The molecule has 0 aliphatic carbocycles. The van der Waals surface area contributed by atoms with Crippen molar-refractivity contribution in [2.45, 2.75) is 11.8 Å². The molecule has 1 aliphatic heterocycles. The number of nitrogens with zero attached hydrogens (tertiary/aromatic N) is 4. The first kappa shape index (κ1) is 20.3. The van der Waals surface area contributed by atoms with Crippen LogP contribution in [0.1, 0.15) is 11.1 Å². The molecule has 30 heavy (non-hydrogen) atoms. The number of anilines is 1. The summed E-state index contributed by atoms with van der Waals surface area (Å²) in [5.74, 6) is -0.542. The Bertz CT molecular complexity index is 1140. The largest absolute Gasteiger partial charge is 0.417 e. The van der Waals surface area contributed by atoms with E-state index in [0.717, 1.165) is 16.8 Å². The summed E-state index contributed by atoms with van der Waals surface area (Å²) in [5, 5.41) is 14.4. The molecule has 0 bridgehead atoms. The minimum atomic E-state index is -4.55. The lowest BCUT2D eigenvalue weighted by Crippen LogP contribution is -2.60. The van der Waals surface area contributed by atoms with Crippen LogP contribution in [0.3, 0.4) is 0 Å². The van der Waals surface area contributed by atoms with Gasteiger partial charge in [-0.05, 0) is 29.8 Å². The van der Waals surface area contributed by atoms with Crippen LogP contribution in [0.25, 0.3) is 5.82 Å². The molecule has 1 saturated heterocycles. The van der Waals surface area contributed by atoms with Gasteiger partial charge in [-0.3, -0.25) is 4.79 Å². The van der Waals surface area contributed by atoms with Gasteiger partial charge in [0.15, 0.2) is 5.82 Å². The number of benzene rings is 1. The fourth-order valence-electron chi connectivity index (χ4n) is 3.18. The average Bonchev–Trinajstić information content (AvgIpc) is 2.68. The number of β-amino-alcohol motifs (C(OH)–C–C–N with tert-alkyl or cyclic N) is 1. The lowest BCUT2D eigenvalue weighted by atomic mass is 9.86. The second kappa shape index (κ2) is 7.06. The van der Waals surface area contributed by atoms with Crippen molar-refractivity contribution in [2.24, 2.45) is 0 Å². The Morgan fingerprint density at radius 3 is 2.30 bits per heavy atom. The second-order valence-corrected chi connectivity index (χ2v) is 7.24. The third kappa shape index (κ3) is 3.52. The van der Waals surface area contributed by atoms with Gasteiger partial charge in [-0.15, -0.1) is 0 Å². The molecule has 0 saturated carbocycles. The van der Waals surface area contributed by atoms with Crippen molar-refractivity contribution in [1.82, 2.24) is 14.8 Å². The summed E-state index contributed by atoms with van der Waals surface area (Å²) in [6.45, 7) is 0.198. The Morgan fingerprint density at radius 2 is 1.73 bits per heavy atom. The Hall–Kier alpha value is -2.98. The van der Waals surface area contributed by atoms with Crippen molar-refractivity contribution < 1.29 is 22.7 Å². The fraction of sp³-hybridized carbons (Fsp3) is 0.211. The quantitative estimate of drug-likeness (QED) is 0.634. The lowest BCUT2D eigenvalue weighted by molar-refractivity contribution is -0.137. The molecule has 1 fully saturated rings. The molecule has 3 aromatic rings.